The predicted octanol–water partition coefficient (Wildman–Crippen LogP) is 7.10. The van der Waals surface area contributed by atoms with Crippen molar-refractivity contribution in [3.63, 3.8) is 0 Å². The number of halogens is 2. The molecule has 2 fully saturated rings. The smallest absolute Gasteiger partial charge is 0.410 e. The fraction of sp³-hybridized carbons (Fsp3) is 0.758. The third-order valence-electron chi connectivity index (χ3n) is 8.28. The molecule has 1 heterocycles. The Morgan fingerprint density at radius 2 is 1.82 bits per heavy atom. The Morgan fingerprint density at radius 1 is 1.13 bits per heavy atom. The first-order chi connectivity index (χ1) is 21.0. The van der Waals surface area contributed by atoms with Crippen LogP contribution in [0.1, 0.15) is 104 Å². The van der Waals surface area contributed by atoms with Crippen molar-refractivity contribution in [2.45, 2.75) is 134 Å². The summed E-state index contributed by atoms with van der Waals surface area (Å²) in [4.78, 5) is 27.3. The van der Waals surface area contributed by atoms with Gasteiger partial charge in [-0.3, -0.25) is 4.79 Å². The highest BCUT2D eigenvalue weighted by Crippen LogP contribution is 2.36. The molecule has 1 amide bonds. The standard InChI is InChI=1S/C33H52F2N2O7S/c1-7-8-21-42-30(38)27-12-10-20-37(27)45(40,41)29-14-13-24(2)22-28(29)43-23-25(3)11-9-19-36(31(39)44-32(4,5)6)26-15-17-33(34,35)18-16-26/h13-14,22,25-27H,7-12,15-21,23H2,1-6H3/t25-,27+/m1/s1. The zero-order valence-corrected chi connectivity index (χ0v) is 28.6. The lowest BCUT2D eigenvalue weighted by Crippen LogP contribution is -2.46. The number of unbranched alkanes of at least 4 members (excludes halogenated alkanes) is 1. The lowest BCUT2D eigenvalue weighted by molar-refractivity contribution is -0.147. The Labute approximate surface area is 268 Å². The van der Waals surface area contributed by atoms with E-state index in [4.69, 9.17) is 14.2 Å². The number of sulfonamides is 1. The molecular formula is C33H52F2N2O7S. The van der Waals surface area contributed by atoms with Crippen LogP contribution in [-0.4, -0.2) is 79.6 Å². The third kappa shape index (κ3) is 10.8. The minimum absolute atomic E-state index is 0.00493. The number of amides is 1. The molecule has 0 aromatic heterocycles. The zero-order valence-electron chi connectivity index (χ0n) is 27.8. The highest BCUT2D eigenvalue weighted by atomic mass is 32.2. The maximum absolute atomic E-state index is 13.8. The molecule has 45 heavy (non-hydrogen) atoms. The highest BCUT2D eigenvalue weighted by molar-refractivity contribution is 7.89. The predicted molar refractivity (Wildman–Crippen MR) is 168 cm³/mol. The van der Waals surface area contributed by atoms with Gasteiger partial charge in [0.25, 0.3) is 0 Å². The molecule has 0 bridgehead atoms. The van der Waals surface area contributed by atoms with Gasteiger partial charge in [0.15, 0.2) is 0 Å². The first-order valence-corrected chi connectivity index (χ1v) is 17.8. The summed E-state index contributed by atoms with van der Waals surface area (Å²) >= 11 is 0. The van der Waals surface area contributed by atoms with Crippen LogP contribution in [0.4, 0.5) is 13.6 Å². The molecule has 2 atom stereocenters. The van der Waals surface area contributed by atoms with Gasteiger partial charge in [-0.25, -0.2) is 22.0 Å². The van der Waals surface area contributed by atoms with Gasteiger partial charge in [0, 0.05) is 32.0 Å². The molecule has 256 valence electrons. The number of alkyl halides is 2. The van der Waals surface area contributed by atoms with Crippen molar-refractivity contribution in [1.82, 2.24) is 9.21 Å². The van der Waals surface area contributed by atoms with Crippen molar-refractivity contribution in [1.29, 1.82) is 0 Å². The second-order valence-corrected chi connectivity index (χ2v) is 15.4. The average molecular weight is 659 g/mol. The number of carbonyl (C=O) groups excluding carboxylic acids is 2. The third-order valence-corrected chi connectivity index (χ3v) is 10.2. The quantitative estimate of drug-likeness (QED) is 0.155. The number of esters is 1. The van der Waals surface area contributed by atoms with E-state index in [9.17, 15) is 26.8 Å². The van der Waals surface area contributed by atoms with E-state index < -0.39 is 39.7 Å². The number of nitrogens with zero attached hydrogens (tertiary/aromatic N) is 2. The molecular weight excluding hydrogens is 606 g/mol. The summed E-state index contributed by atoms with van der Waals surface area (Å²) in [6, 6.07) is 3.76. The molecule has 1 saturated heterocycles. The molecule has 1 saturated carbocycles. The van der Waals surface area contributed by atoms with Crippen molar-refractivity contribution in [3.05, 3.63) is 23.8 Å². The molecule has 3 rings (SSSR count). The van der Waals surface area contributed by atoms with Crippen LogP contribution < -0.4 is 4.74 Å². The van der Waals surface area contributed by atoms with Crippen molar-refractivity contribution in [2.75, 3.05) is 26.3 Å². The van der Waals surface area contributed by atoms with E-state index in [1.165, 1.54) is 10.4 Å². The Kier molecular flexibility index (Phi) is 13.1. The summed E-state index contributed by atoms with van der Waals surface area (Å²) in [5, 5.41) is 0. The summed E-state index contributed by atoms with van der Waals surface area (Å²) < 4.78 is 73.5. The SMILES string of the molecule is CCCCOC(=O)[C@@H]1CCCN1S(=O)(=O)c1ccc(C)cc1OC[C@H](C)CCCN(C(=O)OC(C)(C)C)C1CCC(F)(F)CC1. The zero-order chi connectivity index (χ0) is 33.4. The Bertz CT molecular complexity index is 1240. The Hall–Kier alpha value is -2.47. The molecule has 0 spiro atoms. The molecule has 1 aliphatic carbocycles. The molecule has 0 radical (unpaired) electrons. The van der Waals surface area contributed by atoms with Gasteiger partial charge < -0.3 is 19.1 Å². The fourth-order valence-corrected chi connectivity index (χ4v) is 7.51. The molecule has 12 heteroatoms. The molecule has 2 aliphatic rings. The van der Waals surface area contributed by atoms with Gasteiger partial charge in [-0.15, -0.1) is 0 Å². The summed E-state index contributed by atoms with van der Waals surface area (Å²) in [5.41, 5.74) is 0.130. The van der Waals surface area contributed by atoms with Gasteiger partial charge in [0.05, 0.1) is 13.2 Å². The number of benzene rings is 1. The second-order valence-electron chi connectivity index (χ2n) is 13.6. The van der Waals surface area contributed by atoms with Crippen LogP contribution in [-0.2, 0) is 24.3 Å². The first-order valence-electron chi connectivity index (χ1n) is 16.3. The molecule has 0 unspecified atom stereocenters. The number of aryl methyl sites for hydroxylation is 1. The molecule has 1 aromatic carbocycles. The van der Waals surface area contributed by atoms with Crippen molar-refractivity contribution in [3.8, 4) is 5.75 Å². The van der Waals surface area contributed by atoms with Crippen molar-refractivity contribution >= 4 is 22.1 Å². The van der Waals surface area contributed by atoms with Crippen LogP contribution in [0.2, 0.25) is 0 Å². The van der Waals surface area contributed by atoms with Gasteiger partial charge in [-0.1, -0.05) is 26.3 Å². The van der Waals surface area contributed by atoms with Crippen molar-refractivity contribution < 1.29 is 41.0 Å². The number of hydrogen-bond donors (Lipinski definition) is 0. The largest absolute Gasteiger partial charge is 0.492 e. The number of rotatable bonds is 14. The van der Waals surface area contributed by atoms with Crippen molar-refractivity contribution in [2.24, 2.45) is 5.92 Å². The van der Waals surface area contributed by atoms with Crippen LogP contribution in [0, 0.1) is 12.8 Å². The fourth-order valence-electron chi connectivity index (χ4n) is 5.75. The lowest BCUT2D eigenvalue weighted by Gasteiger charge is -2.37. The molecule has 9 nitrogen and oxygen atoms in total. The van der Waals surface area contributed by atoms with Crippen LogP contribution in [0.5, 0.6) is 5.75 Å². The maximum Gasteiger partial charge on any atom is 0.410 e. The van der Waals surface area contributed by atoms with Gasteiger partial charge in [-0.05, 0) is 96.3 Å². The summed E-state index contributed by atoms with van der Waals surface area (Å²) in [6.45, 7) is 12.2. The van der Waals surface area contributed by atoms with Crippen LogP contribution in [0.3, 0.4) is 0 Å². The first kappa shape index (κ1) is 37.0. The van der Waals surface area contributed by atoms with E-state index in [1.807, 2.05) is 20.8 Å². The van der Waals surface area contributed by atoms with E-state index in [0.717, 1.165) is 18.4 Å². The van der Waals surface area contributed by atoms with Crippen LogP contribution in [0.15, 0.2) is 23.1 Å². The topological polar surface area (TPSA) is 102 Å². The minimum Gasteiger partial charge on any atom is -0.492 e. The summed E-state index contributed by atoms with van der Waals surface area (Å²) in [7, 11) is -4.04. The maximum atomic E-state index is 13.8. The number of hydrogen-bond acceptors (Lipinski definition) is 7. The van der Waals surface area contributed by atoms with E-state index in [2.05, 4.69) is 0 Å². The minimum atomic E-state index is -4.04. The molecule has 1 aliphatic heterocycles. The Morgan fingerprint density at radius 3 is 2.47 bits per heavy atom. The summed E-state index contributed by atoms with van der Waals surface area (Å²) in [6.07, 6.45) is 3.28. The monoisotopic (exact) mass is 658 g/mol. The summed E-state index contributed by atoms with van der Waals surface area (Å²) in [5.74, 6) is -2.98. The highest BCUT2D eigenvalue weighted by Gasteiger charge is 2.42. The van der Waals surface area contributed by atoms with E-state index in [0.29, 0.717) is 32.2 Å². The van der Waals surface area contributed by atoms with Crippen LogP contribution in [0.25, 0.3) is 0 Å². The average Bonchev–Trinajstić information content (AvgIpc) is 3.45. The normalized spacial score (nSPS) is 20.0. The Balaban J connectivity index is 1.63. The van der Waals surface area contributed by atoms with E-state index >= 15 is 0 Å². The number of ether oxygens (including phenoxy) is 3. The molecule has 0 N–H and O–H groups in total. The molecule has 1 aromatic rings. The van der Waals surface area contributed by atoms with Crippen LogP contribution >= 0.6 is 0 Å². The lowest BCUT2D eigenvalue weighted by atomic mass is 9.91. The van der Waals surface area contributed by atoms with E-state index in [-0.39, 0.29) is 68.0 Å². The van der Waals surface area contributed by atoms with Gasteiger partial charge >= 0.3 is 12.1 Å². The van der Waals surface area contributed by atoms with Gasteiger partial charge in [0.1, 0.15) is 22.3 Å². The number of carbonyl (C=O) groups is 2. The van der Waals surface area contributed by atoms with Gasteiger partial charge in [0.2, 0.25) is 15.9 Å². The van der Waals surface area contributed by atoms with E-state index in [1.54, 1.807) is 37.8 Å². The second kappa shape index (κ2) is 15.9. The van der Waals surface area contributed by atoms with Gasteiger partial charge in [-0.2, -0.15) is 4.31 Å².